The summed E-state index contributed by atoms with van der Waals surface area (Å²) in [4.78, 5) is 38.8. The minimum Gasteiger partial charge on any atom is -0.477 e. The van der Waals surface area contributed by atoms with Crippen LogP contribution in [0.25, 0.3) is 0 Å². The van der Waals surface area contributed by atoms with E-state index in [2.05, 4.69) is 5.32 Å². The molecule has 8 aliphatic heterocycles. The van der Waals surface area contributed by atoms with Crippen molar-refractivity contribution in [1.82, 2.24) is 5.32 Å². The van der Waals surface area contributed by atoms with E-state index in [4.69, 9.17) is 71.1 Å². The standard InChI is InChI=1S/C56H93NO47/c1-12(66)57-23-43(98-48-31(79)28(76)25(73)19(8-62)91-48)27(75)21(10-64)90-47(23)96-41-22(11-65)93-50(33(81)30(41)78)99-44-34(82)37(14(68)4-58)94-51(35(44)83)100-45-36(84)52(95-39(16(70)6-60)46(45)101-49-32(80)29(77)26(74)20(9-63)92-49)97-42-18(3-55(89,53(85)86)103-40(42)17(71)7-61)102-56(54(87)88)2-13(67)24(72)38(104-56)15(69)5-59/h13-52,58-65,67-84,89H,2-11H2,1H3,(H,57,66)(H,85,86)(H,87,88)/t13-,14+,15-,16+,17-,18-,19-,20-,21-,22-,23-,24-,25+,26-,27+,28+,29+,30-,31-,32-,33-,34-,35+,36+,37-,38-,39-,40-,41+,42-,43-,44+,45-,46-,47+,48+,49+,50+,51-,52-,55-,56-/m1/s1. The Bertz CT molecular complexity index is 2720. The van der Waals surface area contributed by atoms with Gasteiger partial charge in [0.15, 0.2) is 37.7 Å². The van der Waals surface area contributed by atoms with Crippen LogP contribution in [0.15, 0.2) is 0 Å². The maximum atomic E-state index is 13.3. The van der Waals surface area contributed by atoms with E-state index in [-0.39, 0.29) is 0 Å². The molecule has 0 aliphatic carbocycles. The van der Waals surface area contributed by atoms with E-state index in [0.29, 0.717) is 0 Å². The van der Waals surface area contributed by atoms with Crippen molar-refractivity contribution in [3.8, 4) is 0 Å². The third kappa shape index (κ3) is 17.9. The molecule has 0 bridgehead atoms. The van der Waals surface area contributed by atoms with Crippen molar-refractivity contribution in [1.29, 1.82) is 0 Å². The van der Waals surface area contributed by atoms with E-state index in [1.54, 1.807) is 0 Å². The fourth-order valence-electron chi connectivity index (χ4n) is 13.2. The van der Waals surface area contributed by atoms with Gasteiger partial charge in [-0.05, 0) is 0 Å². The molecule has 42 atom stereocenters. The van der Waals surface area contributed by atoms with Crippen LogP contribution in [-0.2, 0) is 85.4 Å². The van der Waals surface area contributed by atoms with Gasteiger partial charge in [-0.15, -0.1) is 0 Å². The second kappa shape index (κ2) is 36.3. The number of amides is 1. The number of rotatable bonds is 29. The molecule has 0 unspecified atom stereocenters. The first-order valence-electron chi connectivity index (χ1n) is 32.4. The molecule has 8 rings (SSSR count). The van der Waals surface area contributed by atoms with Crippen LogP contribution in [0.2, 0.25) is 0 Å². The Kier molecular flexibility index (Phi) is 30.1. The lowest BCUT2D eigenvalue weighted by Gasteiger charge is -2.53. The summed E-state index contributed by atoms with van der Waals surface area (Å²) in [5, 5.41) is 319. The van der Waals surface area contributed by atoms with Gasteiger partial charge in [-0.3, -0.25) is 4.79 Å². The van der Waals surface area contributed by atoms with E-state index >= 15 is 0 Å². The molecule has 0 radical (unpaired) electrons. The predicted molar refractivity (Wildman–Crippen MR) is 310 cm³/mol. The van der Waals surface area contributed by atoms with Gasteiger partial charge in [0.2, 0.25) is 5.91 Å². The highest BCUT2D eigenvalue weighted by Gasteiger charge is 2.65. The minimum atomic E-state index is -3.64. The van der Waals surface area contributed by atoms with Gasteiger partial charge in [0.25, 0.3) is 11.6 Å². The number of carboxylic acid groups (broad SMARTS) is 2. The summed E-state index contributed by atoms with van der Waals surface area (Å²) in [7, 11) is 0. The van der Waals surface area contributed by atoms with Gasteiger partial charge in [0.05, 0.1) is 65.1 Å². The molecule has 1 amide bonds. The summed E-state index contributed by atoms with van der Waals surface area (Å²) in [6, 6.07) is -1.85. The number of nitrogens with one attached hydrogen (secondary N) is 1. The zero-order valence-corrected chi connectivity index (χ0v) is 54.5. The van der Waals surface area contributed by atoms with Crippen LogP contribution in [0, 0.1) is 0 Å². The third-order valence-corrected chi connectivity index (χ3v) is 18.9. The molecule has 8 saturated heterocycles. The summed E-state index contributed by atoms with van der Waals surface area (Å²) in [5.41, 5.74) is 0. The third-order valence-electron chi connectivity index (χ3n) is 18.9. The topological polar surface area (TPSA) is 788 Å². The fourth-order valence-corrected chi connectivity index (χ4v) is 13.2. The number of aliphatic carboxylic acids is 2. The highest BCUT2D eigenvalue weighted by atomic mass is 16.8. The monoisotopic (exact) mass is 1530 g/mol. The van der Waals surface area contributed by atoms with Crippen LogP contribution in [0.3, 0.4) is 0 Å². The smallest absolute Gasteiger partial charge is 0.364 e. The van der Waals surface area contributed by atoms with E-state index in [0.717, 1.165) is 6.92 Å². The van der Waals surface area contributed by atoms with Gasteiger partial charge in [0, 0.05) is 19.8 Å². The SMILES string of the molecule is CC(=O)N[C@H]1[C@H](O[C@@H]2[C@H](O)[C@@H](O)[C@H](O[C@@H]3[C@H](O)[C@@H](O[C@@H]4[C@H](O)[C@@H](O[C@H]5[C@@H]([C@H](O)CO)O[C@@](O)(C(=O)O)C[C@H]5O[C@]5(C(=O)O)C[C@@H](O)[C@@H](O)[C@@H]([C@H](O)CO)O5)O[C@H]([C@@H](O)CO)[C@H]4O[C@@H]4O[C@H](CO)[C@@H](O)[C@H](O)[C@H]4O)O[C@H]([C@@H](O)CO)[C@H]3O)O[C@@H]2CO)O[C@H](CO)[C@H](O)[C@@H]1O[C@@H]1O[C@H](CO)[C@H](O)[C@H](O)[C@H]1O. The van der Waals surface area contributed by atoms with Crippen molar-refractivity contribution >= 4 is 17.8 Å². The molecule has 8 heterocycles. The van der Waals surface area contributed by atoms with E-state index < -0.39 is 340 Å². The highest BCUT2D eigenvalue weighted by molar-refractivity contribution is 5.77. The average molecular weight is 1530 g/mol. The second-order valence-electron chi connectivity index (χ2n) is 26.0. The van der Waals surface area contributed by atoms with Gasteiger partial charge in [0.1, 0.15) is 195 Å². The van der Waals surface area contributed by atoms with Crippen LogP contribution in [-0.4, -0.2) is 476 Å². The summed E-state index contributed by atoms with van der Waals surface area (Å²) >= 11 is 0. The van der Waals surface area contributed by atoms with Crippen molar-refractivity contribution in [3.05, 3.63) is 0 Å². The second-order valence-corrected chi connectivity index (χ2v) is 26.0. The summed E-state index contributed by atoms with van der Waals surface area (Å²) in [6.07, 6.45) is -93.1. The molecule has 0 aromatic heterocycles. The molecule has 48 nitrogen and oxygen atoms in total. The lowest BCUT2D eigenvalue weighted by Crippen LogP contribution is -2.71. The van der Waals surface area contributed by atoms with Crippen LogP contribution in [0.4, 0.5) is 0 Å². The van der Waals surface area contributed by atoms with Gasteiger partial charge in [-0.2, -0.15) is 0 Å². The van der Waals surface area contributed by atoms with E-state index in [1.807, 2.05) is 0 Å². The number of aliphatic hydroxyl groups is 27. The molecular formula is C56H93NO47. The molecule has 604 valence electrons. The summed E-state index contributed by atoms with van der Waals surface area (Å²) in [6.45, 7) is -9.10. The van der Waals surface area contributed by atoms with Crippen LogP contribution in [0.5, 0.6) is 0 Å². The maximum absolute atomic E-state index is 13.3. The summed E-state index contributed by atoms with van der Waals surface area (Å²) in [5.74, 6) is -12.6. The first-order valence-corrected chi connectivity index (χ1v) is 32.4. The Morgan fingerprint density at radius 3 is 1.29 bits per heavy atom. The van der Waals surface area contributed by atoms with E-state index in [1.165, 1.54) is 0 Å². The normalized spacial score (nSPS) is 48.7. The molecular weight excluding hydrogens is 1440 g/mol. The molecule has 0 aromatic carbocycles. The van der Waals surface area contributed by atoms with Crippen molar-refractivity contribution in [2.75, 3.05) is 52.9 Å². The number of carbonyl (C=O) groups is 3. The first kappa shape index (κ1) is 86.3. The fraction of sp³-hybridized carbons (Fsp3) is 0.946. The number of hydrogen-bond acceptors (Lipinski definition) is 45. The van der Waals surface area contributed by atoms with E-state index in [9.17, 15) is 162 Å². The average Bonchev–Trinajstić information content (AvgIpc) is 0.752. The number of hydrogen-bond donors (Lipinski definition) is 30. The zero-order valence-electron chi connectivity index (χ0n) is 54.5. The Balaban J connectivity index is 1.15. The number of aliphatic hydroxyl groups excluding tert-OH is 26. The molecule has 0 spiro atoms. The number of ether oxygens (including phenoxy) is 15. The first-order chi connectivity index (χ1) is 48.9. The van der Waals surface area contributed by atoms with Crippen molar-refractivity contribution in [2.45, 2.75) is 277 Å². The molecule has 8 fully saturated rings. The largest absolute Gasteiger partial charge is 0.477 e. The Hall–Kier alpha value is -3.27. The molecule has 0 saturated carbocycles. The van der Waals surface area contributed by atoms with Gasteiger partial charge < -0.3 is 224 Å². The zero-order chi connectivity index (χ0) is 77.2. The molecule has 0 aromatic rings. The Morgan fingerprint density at radius 1 is 0.385 bits per heavy atom. The minimum absolute atomic E-state index is 0.928. The maximum Gasteiger partial charge on any atom is 0.364 e. The van der Waals surface area contributed by atoms with Gasteiger partial charge in [-0.25, -0.2) is 9.59 Å². The molecule has 104 heavy (non-hydrogen) atoms. The van der Waals surface area contributed by atoms with Crippen LogP contribution >= 0.6 is 0 Å². The highest BCUT2D eigenvalue weighted by Crippen LogP contribution is 2.44. The molecule has 48 heteroatoms. The number of carbonyl (C=O) groups excluding carboxylic acids is 1. The molecule has 30 N–H and O–H groups in total. The van der Waals surface area contributed by atoms with Crippen molar-refractivity contribution in [3.63, 3.8) is 0 Å². The predicted octanol–water partition coefficient (Wildman–Crippen LogP) is -19.9. The quantitative estimate of drug-likeness (QED) is 0.0331. The van der Waals surface area contributed by atoms with Gasteiger partial charge >= 0.3 is 11.9 Å². The lowest BCUT2D eigenvalue weighted by molar-refractivity contribution is -0.417. The summed E-state index contributed by atoms with van der Waals surface area (Å²) < 4.78 is 86.5. The van der Waals surface area contributed by atoms with Crippen LogP contribution < -0.4 is 5.32 Å². The lowest BCUT2D eigenvalue weighted by atomic mass is 9.89. The van der Waals surface area contributed by atoms with Crippen molar-refractivity contribution in [2.24, 2.45) is 0 Å². The Morgan fingerprint density at radius 2 is 0.788 bits per heavy atom. The van der Waals surface area contributed by atoms with Gasteiger partial charge in [-0.1, -0.05) is 0 Å². The molecule has 8 aliphatic rings. The Labute approximate surface area is 585 Å². The van der Waals surface area contributed by atoms with Crippen molar-refractivity contribution < 1.29 is 234 Å². The number of carboxylic acids is 2. The van der Waals surface area contributed by atoms with Crippen LogP contribution in [0.1, 0.15) is 19.8 Å².